The fourth-order valence-electron chi connectivity index (χ4n) is 1.91. The summed E-state index contributed by atoms with van der Waals surface area (Å²) in [7, 11) is 1.79. The van der Waals surface area contributed by atoms with Gasteiger partial charge in [0.15, 0.2) is 0 Å². The fourth-order valence-corrected chi connectivity index (χ4v) is 2.65. The highest BCUT2D eigenvalue weighted by atomic mass is 79.9. The Morgan fingerprint density at radius 1 is 1.14 bits per heavy atom. The van der Waals surface area contributed by atoms with Crippen molar-refractivity contribution in [3.63, 3.8) is 0 Å². The van der Waals surface area contributed by atoms with Crippen molar-refractivity contribution in [2.45, 2.75) is 13.0 Å². The third-order valence-corrected chi connectivity index (χ3v) is 4.23. The maximum absolute atomic E-state index is 12.2. The highest BCUT2D eigenvalue weighted by Crippen LogP contribution is 2.22. The van der Waals surface area contributed by atoms with Crippen LogP contribution in [0.2, 0.25) is 10.0 Å². The summed E-state index contributed by atoms with van der Waals surface area (Å²) in [4.78, 5) is 13.9. The van der Waals surface area contributed by atoms with Crippen molar-refractivity contribution >= 4 is 45.0 Å². The van der Waals surface area contributed by atoms with E-state index in [1.54, 1.807) is 30.1 Å². The Hall–Kier alpha value is -1.03. The van der Waals surface area contributed by atoms with Crippen LogP contribution >= 0.6 is 39.1 Å². The fraction of sp³-hybridized carbons (Fsp3) is 0.188. The van der Waals surface area contributed by atoms with Crippen LogP contribution in [0, 0.1) is 0 Å². The number of nitrogens with zero attached hydrogens (tertiary/aromatic N) is 1. The van der Waals surface area contributed by atoms with Crippen LogP contribution in [-0.4, -0.2) is 17.9 Å². The van der Waals surface area contributed by atoms with E-state index in [4.69, 9.17) is 23.2 Å². The van der Waals surface area contributed by atoms with Crippen LogP contribution in [0.5, 0.6) is 0 Å². The van der Waals surface area contributed by atoms with Crippen LogP contribution in [0.3, 0.4) is 0 Å². The molecule has 0 radical (unpaired) electrons. The van der Waals surface area contributed by atoms with Gasteiger partial charge < -0.3 is 4.90 Å². The van der Waals surface area contributed by atoms with Gasteiger partial charge in [-0.2, -0.15) is 0 Å². The second-order valence-electron chi connectivity index (χ2n) is 4.79. The van der Waals surface area contributed by atoms with Crippen LogP contribution < -0.4 is 0 Å². The van der Waals surface area contributed by atoms with Crippen LogP contribution in [-0.2, 0) is 17.8 Å². The summed E-state index contributed by atoms with van der Waals surface area (Å²) >= 11 is 15.3. The van der Waals surface area contributed by atoms with Crippen LogP contribution in [0.4, 0.5) is 0 Å². The Balaban J connectivity index is 2.00. The van der Waals surface area contributed by atoms with E-state index < -0.39 is 0 Å². The summed E-state index contributed by atoms with van der Waals surface area (Å²) in [5.41, 5.74) is 1.87. The zero-order chi connectivity index (χ0) is 15.4. The first-order valence-corrected chi connectivity index (χ1v) is 7.93. The molecule has 0 saturated heterocycles. The summed E-state index contributed by atoms with van der Waals surface area (Å²) in [5.74, 6) is 0.0159. The van der Waals surface area contributed by atoms with Gasteiger partial charge in [0, 0.05) is 28.1 Å². The molecule has 0 bridgehead atoms. The van der Waals surface area contributed by atoms with Crippen molar-refractivity contribution in [2.24, 2.45) is 0 Å². The average molecular weight is 387 g/mol. The number of amides is 1. The summed E-state index contributed by atoms with van der Waals surface area (Å²) in [6, 6.07) is 13.1. The van der Waals surface area contributed by atoms with E-state index in [0.29, 0.717) is 16.6 Å². The number of rotatable bonds is 4. The quantitative estimate of drug-likeness (QED) is 0.727. The summed E-state index contributed by atoms with van der Waals surface area (Å²) < 4.78 is 1.02. The number of hydrogen-bond donors (Lipinski definition) is 0. The Labute approximate surface area is 142 Å². The van der Waals surface area contributed by atoms with E-state index in [2.05, 4.69) is 15.9 Å². The van der Waals surface area contributed by atoms with Gasteiger partial charge in [0.05, 0.1) is 6.42 Å². The molecular formula is C16H14BrCl2NO. The van der Waals surface area contributed by atoms with Crippen molar-refractivity contribution in [2.75, 3.05) is 7.05 Å². The number of halogens is 3. The largest absolute Gasteiger partial charge is 0.341 e. The highest BCUT2D eigenvalue weighted by Gasteiger charge is 2.12. The van der Waals surface area contributed by atoms with Gasteiger partial charge in [0.25, 0.3) is 0 Å². The van der Waals surface area contributed by atoms with Gasteiger partial charge in [-0.1, -0.05) is 57.3 Å². The minimum Gasteiger partial charge on any atom is -0.341 e. The normalized spacial score (nSPS) is 10.5. The molecule has 2 aromatic rings. The molecule has 0 unspecified atom stereocenters. The molecule has 5 heteroatoms. The smallest absolute Gasteiger partial charge is 0.227 e. The standard InChI is InChI=1S/C16H14BrCl2NO/c1-20(10-11-2-5-13(17)6-3-11)16(21)8-12-4-7-14(18)9-15(12)19/h2-7,9H,8,10H2,1H3. The lowest BCUT2D eigenvalue weighted by molar-refractivity contribution is -0.129. The predicted octanol–water partition coefficient (Wildman–Crippen LogP) is 4.96. The van der Waals surface area contributed by atoms with E-state index in [-0.39, 0.29) is 12.3 Å². The maximum Gasteiger partial charge on any atom is 0.227 e. The average Bonchev–Trinajstić information content (AvgIpc) is 2.44. The van der Waals surface area contributed by atoms with Crippen LogP contribution in [0.15, 0.2) is 46.9 Å². The molecule has 0 aliphatic carbocycles. The Bertz CT molecular complexity index is 643. The minimum absolute atomic E-state index is 0.0159. The lowest BCUT2D eigenvalue weighted by atomic mass is 10.1. The number of benzene rings is 2. The molecule has 2 nitrogen and oxygen atoms in total. The molecule has 2 aromatic carbocycles. The maximum atomic E-state index is 12.2. The number of likely N-dealkylation sites (N-methyl/N-ethyl adjacent to an activating group) is 1. The number of carbonyl (C=O) groups excluding carboxylic acids is 1. The molecule has 2 rings (SSSR count). The second kappa shape index (κ2) is 7.30. The molecule has 0 saturated carbocycles. The summed E-state index contributed by atoms with van der Waals surface area (Å²) in [6.45, 7) is 0.567. The van der Waals surface area contributed by atoms with Gasteiger partial charge in [-0.25, -0.2) is 0 Å². The first-order valence-electron chi connectivity index (χ1n) is 6.38. The zero-order valence-electron chi connectivity index (χ0n) is 11.4. The summed E-state index contributed by atoms with van der Waals surface area (Å²) in [5, 5.41) is 1.09. The van der Waals surface area contributed by atoms with Gasteiger partial charge >= 0.3 is 0 Å². The third-order valence-electron chi connectivity index (χ3n) is 3.12. The van der Waals surface area contributed by atoms with E-state index in [9.17, 15) is 4.79 Å². The minimum atomic E-state index is 0.0159. The number of hydrogen-bond acceptors (Lipinski definition) is 1. The topological polar surface area (TPSA) is 20.3 Å². The SMILES string of the molecule is CN(Cc1ccc(Br)cc1)C(=O)Cc1ccc(Cl)cc1Cl. The third kappa shape index (κ3) is 4.73. The van der Waals surface area contributed by atoms with Crippen molar-refractivity contribution in [1.82, 2.24) is 4.90 Å². The Kier molecular flexibility index (Phi) is 5.68. The number of carbonyl (C=O) groups is 1. The Morgan fingerprint density at radius 3 is 2.43 bits per heavy atom. The van der Waals surface area contributed by atoms with Crippen molar-refractivity contribution in [3.8, 4) is 0 Å². The summed E-state index contributed by atoms with van der Waals surface area (Å²) in [6.07, 6.45) is 0.267. The molecule has 0 fully saturated rings. The van der Waals surface area contributed by atoms with E-state index >= 15 is 0 Å². The van der Waals surface area contributed by atoms with Gasteiger partial charge in [-0.15, -0.1) is 0 Å². The first kappa shape index (κ1) is 16.3. The molecule has 0 aromatic heterocycles. The second-order valence-corrected chi connectivity index (χ2v) is 6.55. The molecule has 0 aliphatic rings. The monoisotopic (exact) mass is 385 g/mol. The van der Waals surface area contributed by atoms with Gasteiger partial charge in [0.2, 0.25) is 5.91 Å². The molecular weight excluding hydrogens is 373 g/mol. The molecule has 0 spiro atoms. The van der Waals surface area contributed by atoms with Crippen LogP contribution in [0.25, 0.3) is 0 Å². The van der Waals surface area contributed by atoms with Crippen LogP contribution in [0.1, 0.15) is 11.1 Å². The molecule has 1 amide bonds. The van der Waals surface area contributed by atoms with Crippen molar-refractivity contribution in [1.29, 1.82) is 0 Å². The lowest BCUT2D eigenvalue weighted by Crippen LogP contribution is -2.27. The van der Waals surface area contributed by atoms with Gasteiger partial charge in [-0.3, -0.25) is 4.79 Å². The molecule has 0 N–H and O–H groups in total. The van der Waals surface area contributed by atoms with Gasteiger partial charge in [-0.05, 0) is 35.4 Å². The van der Waals surface area contributed by atoms with E-state index in [1.165, 1.54) is 0 Å². The molecule has 0 aliphatic heterocycles. The van der Waals surface area contributed by atoms with Crippen molar-refractivity contribution < 1.29 is 4.79 Å². The molecule has 0 heterocycles. The van der Waals surface area contributed by atoms with Gasteiger partial charge in [0.1, 0.15) is 0 Å². The van der Waals surface area contributed by atoms with E-state index in [1.807, 2.05) is 24.3 Å². The first-order chi connectivity index (χ1) is 9.95. The molecule has 0 atom stereocenters. The zero-order valence-corrected chi connectivity index (χ0v) is 14.5. The van der Waals surface area contributed by atoms with Crippen molar-refractivity contribution in [3.05, 3.63) is 68.1 Å². The van der Waals surface area contributed by atoms with E-state index in [0.717, 1.165) is 15.6 Å². The highest BCUT2D eigenvalue weighted by molar-refractivity contribution is 9.10. The molecule has 21 heavy (non-hydrogen) atoms. The lowest BCUT2D eigenvalue weighted by Gasteiger charge is -2.18. The predicted molar refractivity (Wildman–Crippen MR) is 90.8 cm³/mol. The molecule has 110 valence electrons. The Morgan fingerprint density at radius 2 is 1.81 bits per heavy atom.